The molecule has 8 atom stereocenters. The second-order valence-electron chi connectivity index (χ2n) is 11.6. The van der Waals surface area contributed by atoms with Crippen molar-refractivity contribution in [1.29, 1.82) is 0 Å². The maximum Gasteiger partial charge on any atom is -0.0264 e. The van der Waals surface area contributed by atoms with E-state index >= 15 is 0 Å². The van der Waals surface area contributed by atoms with Gasteiger partial charge in [-0.15, -0.1) is 6.58 Å². The van der Waals surface area contributed by atoms with Gasteiger partial charge in [0.25, 0.3) is 0 Å². The molecule has 4 saturated carbocycles. The molecule has 7 unspecified atom stereocenters. The van der Waals surface area contributed by atoms with Gasteiger partial charge in [0.2, 0.25) is 0 Å². The highest BCUT2D eigenvalue weighted by Crippen LogP contribution is 2.68. The molecule has 0 bridgehead atoms. The fourth-order valence-corrected chi connectivity index (χ4v) is 8.95. The summed E-state index contributed by atoms with van der Waals surface area (Å²) in [6.45, 7) is 14.4. The second kappa shape index (κ2) is 6.97. The van der Waals surface area contributed by atoms with E-state index in [-0.39, 0.29) is 0 Å². The first-order chi connectivity index (χ1) is 12.4. The molecule has 0 saturated heterocycles. The van der Waals surface area contributed by atoms with Crippen LogP contribution in [0.1, 0.15) is 105 Å². The average molecular weight is 357 g/mol. The molecule has 0 spiro atoms. The topological polar surface area (TPSA) is 0 Å². The summed E-state index contributed by atoms with van der Waals surface area (Å²) in [5, 5.41) is 0. The van der Waals surface area contributed by atoms with Crippen molar-refractivity contribution in [3.8, 4) is 0 Å². The quantitative estimate of drug-likeness (QED) is 0.447. The summed E-state index contributed by atoms with van der Waals surface area (Å²) < 4.78 is 0. The molecule has 4 fully saturated rings. The average Bonchev–Trinajstić information content (AvgIpc) is 2.96. The fourth-order valence-electron chi connectivity index (χ4n) is 8.95. The van der Waals surface area contributed by atoms with Crippen LogP contribution in [0.5, 0.6) is 0 Å². The zero-order valence-corrected chi connectivity index (χ0v) is 18.2. The van der Waals surface area contributed by atoms with Crippen LogP contribution in [-0.2, 0) is 0 Å². The van der Waals surface area contributed by atoms with E-state index in [0.717, 1.165) is 35.5 Å². The van der Waals surface area contributed by atoms with E-state index < -0.39 is 0 Å². The molecule has 0 aromatic rings. The summed E-state index contributed by atoms with van der Waals surface area (Å²) in [6.07, 6.45) is 18.0. The molecule has 0 aromatic heterocycles. The lowest BCUT2D eigenvalue weighted by Gasteiger charge is -2.61. The summed E-state index contributed by atoms with van der Waals surface area (Å²) in [5.41, 5.74) is 2.73. The predicted molar refractivity (Wildman–Crippen MR) is 113 cm³/mol. The summed E-state index contributed by atoms with van der Waals surface area (Å²) in [5.74, 6) is 6.09. The third kappa shape index (κ3) is 2.93. The van der Waals surface area contributed by atoms with Gasteiger partial charge in [0.05, 0.1) is 0 Å². The first kappa shape index (κ1) is 19.1. The Morgan fingerprint density at radius 2 is 1.69 bits per heavy atom. The minimum absolute atomic E-state index is 0.646. The molecule has 4 rings (SSSR count). The van der Waals surface area contributed by atoms with Gasteiger partial charge in [-0.05, 0) is 117 Å². The normalized spacial score (nSPS) is 49.0. The molecular weight excluding hydrogens is 312 g/mol. The first-order valence-corrected chi connectivity index (χ1v) is 12.0. The van der Waals surface area contributed by atoms with Crippen molar-refractivity contribution in [2.45, 2.75) is 105 Å². The van der Waals surface area contributed by atoms with Gasteiger partial charge >= 0.3 is 0 Å². The van der Waals surface area contributed by atoms with Crippen LogP contribution in [-0.4, -0.2) is 0 Å². The van der Waals surface area contributed by atoms with Crippen LogP contribution in [0.4, 0.5) is 0 Å². The Bertz CT molecular complexity index is 532. The highest BCUT2D eigenvalue weighted by molar-refractivity contribution is 5.09. The molecule has 0 N–H and O–H groups in total. The molecule has 4 aliphatic rings. The molecule has 0 heterocycles. The van der Waals surface area contributed by atoms with Crippen LogP contribution in [0.2, 0.25) is 0 Å². The van der Waals surface area contributed by atoms with Crippen LogP contribution in [0.25, 0.3) is 0 Å². The van der Waals surface area contributed by atoms with E-state index in [0.29, 0.717) is 10.8 Å². The number of fused-ring (bicyclic) bond motifs is 5. The van der Waals surface area contributed by atoms with E-state index in [1.165, 1.54) is 44.1 Å². The minimum Gasteiger partial charge on any atom is -0.100 e. The number of hydrogen-bond acceptors (Lipinski definition) is 0. The van der Waals surface area contributed by atoms with E-state index in [9.17, 15) is 0 Å². The molecule has 4 aliphatic carbocycles. The summed E-state index contributed by atoms with van der Waals surface area (Å²) in [4.78, 5) is 0. The van der Waals surface area contributed by atoms with Crippen molar-refractivity contribution in [3.63, 3.8) is 0 Å². The Morgan fingerprint density at radius 3 is 2.46 bits per heavy atom. The van der Waals surface area contributed by atoms with Gasteiger partial charge in [-0.2, -0.15) is 0 Å². The maximum absolute atomic E-state index is 4.15. The zero-order chi connectivity index (χ0) is 18.5. The summed E-state index contributed by atoms with van der Waals surface area (Å²) in [6, 6.07) is 0. The van der Waals surface area contributed by atoms with Crippen LogP contribution in [0.15, 0.2) is 12.2 Å². The lowest BCUT2D eigenvalue weighted by Crippen LogP contribution is -2.53. The molecule has 0 amide bonds. The number of rotatable bonds is 4. The third-order valence-electron chi connectivity index (χ3n) is 10.4. The Kier molecular flexibility index (Phi) is 5.11. The van der Waals surface area contributed by atoms with Crippen molar-refractivity contribution in [2.75, 3.05) is 0 Å². The Hall–Kier alpha value is -0.260. The van der Waals surface area contributed by atoms with E-state index in [2.05, 4.69) is 34.3 Å². The fraction of sp³-hybridized carbons (Fsp3) is 0.923. The summed E-state index contributed by atoms with van der Waals surface area (Å²) >= 11 is 0. The largest absolute Gasteiger partial charge is 0.100 e. The van der Waals surface area contributed by atoms with Gasteiger partial charge in [-0.25, -0.2) is 0 Å². The van der Waals surface area contributed by atoms with Crippen molar-refractivity contribution in [1.82, 2.24) is 0 Å². The lowest BCUT2D eigenvalue weighted by atomic mass is 9.44. The molecule has 148 valence electrons. The Labute approximate surface area is 163 Å². The monoisotopic (exact) mass is 356 g/mol. The second-order valence-corrected chi connectivity index (χ2v) is 11.6. The van der Waals surface area contributed by atoms with Crippen molar-refractivity contribution in [3.05, 3.63) is 12.2 Å². The Morgan fingerprint density at radius 1 is 0.923 bits per heavy atom. The molecule has 0 aromatic carbocycles. The molecule has 0 nitrogen and oxygen atoms in total. The molecule has 26 heavy (non-hydrogen) atoms. The van der Waals surface area contributed by atoms with Gasteiger partial charge in [-0.3, -0.25) is 0 Å². The van der Waals surface area contributed by atoms with Gasteiger partial charge < -0.3 is 0 Å². The highest BCUT2D eigenvalue weighted by atomic mass is 14.6. The van der Waals surface area contributed by atoms with Crippen LogP contribution in [0.3, 0.4) is 0 Å². The predicted octanol–water partition coefficient (Wildman–Crippen LogP) is 8.03. The van der Waals surface area contributed by atoms with Gasteiger partial charge in [0.1, 0.15) is 0 Å². The molecule has 0 aliphatic heterocycles. The highest BCUT2D eigenvalue weighted by Gasteiger charge is 2.59. The van der Waals surface area contributed by atoms with E-state index in [1.54, 1.807) is 38.5 Å². The van der Waals surface area contributed by atoms with Gasteiger partial charge in [0, 0.05) is 0 Å². The van der Waals surface area contributed by atoms with E-state index in [4.69, 9.17) is 0 Å². The van der Waals surface area contributed by atoms with Crippen LogP contribution >= 0.6 is 0 Å². The first-order valence-electron chi connectivity index (χ1n) is 12.0. The molecular formula is C26H44. The number of allylic oxidation sites excluding steroid dienone is 1. The smallest absolute Gasteiger partial charge is 0.0264 e. The third-order valence-corrected chi connectivity index (χ3v) is 10.4. The van der Waals surface area contributed by atoms with Crippen LogP contribution in [0, 0.1) is 46.3 Å². The molecule has 0 radical (unpaired) electrons. The van der Waals surface area contributed by atoms with Gasteiger partial charge in [0.15, 0.2) is 0 Å². The van der Waals surface area contributed by atoms with Crippen LogP contribution < -0.4 is 0 Å². The zero-order valence-electron chi connectivity index (χ0n) is 18.2. The minimum atomic E-state index is 0.646. The maximum atomic E-state index is 4.15. The summed E-state index contributed by atoms with van der Waals surface area (Å²) in [7, 11) is 0. The van der Waals surface area contributed by atoms with Crippen molar-refractivity contribution >= 4 is 0 Å². The van der Waals surface area contributed by atoms with E-state index in [1.807, 2.05) is 0 Å². The SMILES string of the molecule is C=C(C)CC[C@@H](C)C1CCC2C3CCC4CCCCC4(C)C3CCC21C. The van der Waals surface area contributed by atoms with Crippen molar-refractivity contribution < 1.29 is 0 Å². The lowest BCUT2D eigenvalue weighted by molar-refractivity contribution is -0.114. The van der Waals surface area contributed by atoms with Crippen molar-refractivity contribution in [2.24, 2.45) is 46.3 Å². The molecule has 0 heteroatoms. The van der Waals surface area contributed by atoms with Gasteiger partial charge in [-0.1, -0.05) is 39.2 Å². The Balaban J connectivity index is 1.52. The number of hydrogen-bond donors (Lipinski definition) is 0. The standard InChI is InChI=1S/C26H44/c1-18(2)9-10-19(3)22-13-14-23-21-12-11-20-8-6-7-16-25(20,4)24(21)15-17-26(22,23)5/h19-24H,1,6-17H2,2-5H3/t19-,20?,21?,22?,23?,24?,25?,26?/m1/s1.